The van der Waals surface area contributed by atoms with Crippen LogP contribution in [0.2, 0.25) is 0 Å². The van der Waals surface area contributed by atoms with E-state index in [2.05, 4.69) is 10.3 Å². The molecule has 0 aliphatic heterocycles. The van der Waals surface area contributed by atoms with E-state index >= 15 is 0 Å². The lowest BCUT2D eigenvalue weighted by atomic mass is 10.2. The lowest BCUT2D eigenvalue weighted by Crippen LogP contribution is -2.07. The van der Waals surface area contributed by atoms with Crippen LogP contribution in [-0.2, 0) is 6.54 Å². The number of anilines is 2. The summed E-state index contributed by atoms with van der Waals surface area (Å²) in [6.45, 7) is 4.63. The molecule has 0 saturated heterocycles. The lowest BCUT2D eigenvalue weighted by molar-refractivity contribution is 0.242. The molecular formula is C16H21N3O2. The average Bonchev–Trinajstić information content (AvgIpc) is 2.44. The van der Waals surface area contributed by atoms with Gasteiger partial charge in [-0.1, -0.05) is 6.07 Å². The minimum absolute atomic E-state index is 0.116. The molecule has 2 rings (SSSR count). The summed E-state index contributed by atoms with van der Waals surface area (Å²) >= 11 is 0. The van der Waals surface area contributed by atoms with E-state index in [1.807, 2.05) is 44.2 Å². The number of pyridine rings is 1. The Morgan fingerprint density at radius 1 is 1.24 bits per heavy atom. The molecule has 0 bridgehead atoms. The SMILES string of the molecule is COc1ccc(CNc2cc(N)cc(OC(C)C)c2)cn1. The second kappa shape index (κ2) is 6.83. The maximum atomic E-state index is 5.89. The fraction of sp³-hybridized carbons (Fsp3) is 0.312. The van der Waals surface area contributed by atoms with E-state index in [-0.39, 0.29) is 6.10 Å². The van der Waals surface area contributed by atoms with Crippen LogP contribution in [0.15, 0.2) is 36.5 Å². The van der Waals surface area contributed by atoms with Crippen LogP contribution in [0.3, 0.4) is 0 Å². The first-order chi connectivity index (χ1) is 10.1. The highest BCUT2D eigenvalue weighted by Gasteiger charge is 2.03. The third kappa shape index (κ3) is 4.56. The highest BCUT2D eigenvalue weighted by Crippen LogP contribution is 2.24. The molecule has 0 fully saturated rings. The Kier molecular flexibility index (Phi) is 4.87. The first-order valence-corrected chi connectivity index (χ1v) is 6.87. The molecular weight excluding hydrogens is 266 g/mol. The Balaban J connectivity index is 2.03. The first-order valence-electron chi connectivity index (χ1n) is 6.87. The molecule has 0 radical (unpaired) electrons. The lowest BCUT2D eigenvalue weighted by Gasteiger charge is -2.13. The van der Waals surface area contributed by atoms with Gasteiger partial charge < -0.3 is 20.5 Å². The van der Waals surface area contributed by atoms with Crippen LogP contribution in [0.1, 0.15) is 19.4 Å². The van der Waals surface area contributed by atoms with E-state index in [1.165, 1.54) is 0 Å². The summed E-state index contributed by atoms with van der Waals surface area (Å²) in [6, 6.07) is 9.44. The maximum Gasteiger partial charge on any atom is 0.212 e. The summed E-state index contributed by atoms with van der Waals surface area (Å²) in [6.07, 6.45) is 1.90. The molecule has 0 amide bonds. The number of hydrogen-bond acceptors (Lipinski definition) is 5. The van der Waals surface area contributed by atoms with Crippen molar-refractivity contribution in [1.29, 1.82) is 0 Å². The molecule has 2 aromatic rings. The molecule has 5 heteroatoms. The van der Waals surface area contributed by atoms with Gasteiger partial charge in [-0.25, -0.2) is 4.98 Å². The van der Waals surface area contributed by atoms with Gasteiger partial charge in [0.25, 0.3) is 0 Å². The van der Waals surface area contributed by atoms with Gasteiger partial charge in [0.2, 0.25) is 5.88 Å². The van der Waals surface area contributed by atoms with E-state index in [0.717, 1.165) is 17.0 Å². The molecule has 3 N–H and O–H groups in total. The number of ether oxygens (including phenoxy) is 2. The van der Waals surface area contributed by atoms with Crippen molar-refractivity contribution in [3.8, 4) is 11.6 Å². The van der Waals surface area contributed by atoms with Crippen LogP contribution in [0, 0.1) is 0 Å². The molecule has 0 aliphatic carbocycles. The van der Waals surface area contributed by atoms with Crippen LogP contribution < -0.4 is 20.5 Å². The van der Waals surface area contributed by atoms with Crippen LogP contribution in [-0.4, -0.2) is 18.2 Å². The second-order valence-corrected chi connectivity index (χ2v) is 5.02. The molecule has 5 nitrogen and oxygen atoms in total. The van der Waals surface area contributed by atoms with Crippen LogP contribution in [0.4, 0.5) is 11.4 Å². The number of nitrogens with one attached hydrogen (secondary N) is 1. The van der Waals surface area contributed by atoms with E-state index < -0.39 is 0 Å². The molecule has 1 heterocycles. The minimum atomic E-state index is 0.116. The predicted molar refractivity (Wildman–Crippen MR) is 84.7 cm³/mol. The Labute approximate surface area is 125 Å². The van der Waals surface area contributed by atoms with E-state index in [0.29, 0.717) is 18.1 Å². The molecule has 21 heavy (non-hydrogen) atoms. The zero-order chi connectivity index (χ0) is 15.2. The number of nitrogen functional groups attached to an aromatic ring is 1. The molecule has 0 unspecified atom stereocenters. The fourth-order valence-electron chi connectivity index (χ4n) is 1.90. The Bertz CT molecular complexity index is 583. The smallest absolute Gasteiger partial charge is 0.212 e. The van der Waals surface area contributed by atoms with Crippen molar-refractivity contribution in [2.75, 3.05) is 18.2 Å². The topological polar surface area (TPSA) is 69.4 Å². The Morgan fingerprint density at radius 3 is 2.67 bits per heavy atom. The number of methoxy groups -OCH3 is 1. The third-order valence-electron chi connectivity index (χ3n) is 2.80. The zero-order valence-electron chi connectivity index (χ0n) is 12.6. The third-order valence-corrected chi connectivity index (χ3v) is 2.80. The van der Waals surface area contributed by atoms with Crippen molar-refractivity contribution in [2.24, 2.45) is 0 Å². The number of rotatable bonds is 6. The van der Waals surface area contributed by atoms with Gasteiger partial charge in [-0.15, -0.1) is 0 Å². The number of benzene rings is 1. The molecule has 0 spiro atoms. The summed E-state index contributed by atoms with van der Waals surface area (Å²) in [4.78, 5) is 4.17. The summed E-state index contributed by atoms with van der Waals surface area (Å²) in [7, 11) is 1.60. The van der Waals surface area contributed by atoms with Crippen molar-refractivity contribution in [2.45, 2.75) is 26.5 Å². The quantitative estimate of drug-likeness (QED) is 0.799. The van der Waals surface area contributed by atoms with Gasteiger partial charge in [-0.2, -0.15) is 0 Å². The highest BCUT2D eigenvalue weighted by molar-refractivity contribution is 5.59. The van der Waals surface area contributed by atoms with Crippen LogP contribution in [0.25, 0.3) is 0 Å². The van der Waals surface area contributed by atoms with E-state index in [9.17, 15) is 0 Å². The fourth-order valence-corrected chi connectivity index (χ4v) is 1.90. The van der Waals surface area contributed by atoms with Crippen LogP contribution in [0.5, 0.6) is 11.6 Å². The molecule has 112 valence electrons. The van der Waals surface area contributed by atoms with Gasteiger partial charge in [0.1, 0.15) is 5.75 Å². The minimum Gasteiger partial charge on any atom is -0.491 e. The van der Waals surface area contributed by atoms with Gasteiger partial charge in [0.05, 0.1) is 13.2 Å². The van der Waals surface area contributed by atoms with Crippen molar-refractivity contribution in [3.63, 3.8) is 0 Å². The van der Waals surface area contributed by atoms with Gasteiger partial charge in [-0.05, 0) is 25.5 Å². The normalized spacial score (nSPS) is 10.5. The summed E-state index contributed by atoms with van der Waals surface area (Å²) in [5, 5.41) is 3.31. The summed E-state index contributed by atoms with van der Waals surface area (Å²) in [5.41, 5.74) is 8.54. The van der Waals surface area contributed by atoms with Crippen molar-refractivity contribution in [3.05, 3.63) is 42.1 Å². The molecule has 1 aromatic heterocycles. The number of nitrogens with zero attached hydrogens (tertiary/aromatic N) is 1. The zero-order valence-corrected chi connectivity index (χ0v) is 12.6. The Morgan fingerprint density at radius 2 is 2.05 bits per heavy atom. The Hall–Kier alpha value is -2.43. The standard InChI is InChI=1S/C16H21N3O2/c1-11(2)21-15-7-13(17)6-14(8-15)18-9-12-4-5-16(20-3)19-10-12/h4-8,10-11,18H,9,17H2,1-3H3. The summed E-state index contributed by atoms with van der Waals surface area (Å²) < 4.78 is 10.7. The number of nitrogens with two attached hydrogens (primary N) is 1. The predicted octanol–water partition coefficient (Wildman–Crippen LogP) is 3.07. The van der Waals surface area contributed by atoms with E-state index in [4.69, 9.17) is 15.2 Å². The first kappa shape index (κ1) is 15.0. The molecule has 0 saturated carbocycles. The second-order valence-electron chi connectivity index (χ2n) is 5.02. The average molecular weight is 287 g/mol. The van der Waals surface area contributed by atoms with Crippen molar-refractivity contribution in [1.82, 2.24) is 4.98 Å². The summed E-state index contributed by atoms with van der Waals surface area (Å²) in [5.74, 6) is 1.37. The highest BCUT2D eigenvalue weighted by atomic mass is 16.5. The molecule has 0 aliphatic rings. The van der Waals surface area contributed by atoms with E-state index in [1.54, 1.807) is 13.3 Å². The van der Waals surface area contributed by atoms with Gasteiger partial charge in [0, 0.05) is 42.3 Å². The van der Waals surface area contributed by atoms with Crippen LogP contribution >= 0.6 is 0 Å². The molecule has 1 aromatic carbocycles. The number of aromatic nitrogens is 1. The monoisotopic (exact) mass is 287 g/mol. The maximum absolute atomic E-state index is 5.89. The van der Waals surface area contributed by atoms with Gasteiger partial charge >= 0.3 is 0 Å². The van der Waals surface area contributed by atoms with Gasteiger partial charge in [0.15, 0.2) is 0 Å². The van der Waals surface area contributed by atoms with Crippen molar-refractivity contribution < 1.29 is 9.47 Å². The van der Waals surface area contributed by atoms with Gasteiger partial charge in [-0.3, -0.25) is 0 Å². The largest absolute Gasteiger partial charge is 0.491 e. The number of hydrogen-bond donors (Lipinski definition) is 2. The molecule has 0 atom stereocenters. The van der Waals surface area contributed by atoms with Crippen molar-refractivity contribution >= 4 is 11.4 Å².